The molecule has 0 unspecified atom stereocenters. The van der Waals surface area contributed by atoms with Crippen LogP contribution in [-0.4, -0.2) is 120 Å². The molecule has 10 rings (SSSR count). The Morgan fingerprint density at radius 1 is 0.618 bits per heavy atom. The number of fused-ring (bicyclic) bond motifs is 2. The fourth-order valence-electron chi connectivity index (χ4n) is 8.49. The van der Waals surface area contributed by atoms with Crippen molar-refractivity contribution in [2.75, 3.05) is 79.9 Å². The lowest BCUT2D eigenvalue weighted by Gasteiger charge is -2.20. The average Bonchev–Trinajstić information content (AvgIpc) is 4.06. The molecular formula is C45H46N8O2. The van der Waals surface area contributed by atoms with Gasteiger partial charge in [0.1, 0.15) is 24.7 Å². The van der Waals surface area contributed by atoms with Crippen molar-refractivity contribution >= 4 is 34.7 Å². The molecule has 0 saturated carbocycles. The van der Waals surface area contributed by atoms with Crippen molar-refractivity contribution in [3.8, 4) is 11.5 Å². The molecule has 0 spiro atoms. The summed E-state index contributed by atoms with van der Waals surface area (Å²) in [6.07, 6.45) is 12.9. The van der Waals surface area contributed by atoms with Gasteiger partial charge in [-0.1, -0.05) is 24.3 Å². The molecule has 10 heteroatoms. The zero-order valence-corrected chi connectivity index (χ0v) is 31.6. The van der Waals surface area contributed by atoms with E-state index < -0.39 is 0 Å². The van der Waals surface area contributed by atoms with E-state index in [2.05, 4.69) is 152 Å². The van der Waals surface area contributed by atoms with Crippen LogP contribution in [-0.2, 0) is 6.67 Å². The highest BCUT2D eigenvalue weighted by Crippen LogP contribution is 2.35. The Bertz CT molecular complexity index is 2490. The third-order valence-electron chi connectivity index (χ3n) is 11.3. The molecule has 0 N–H and O–H groups in total. The zero-order valence-electron chi connectivity index (χ0n) is 31.6. The van der Waals surface area contributed by atoms with Crippen molar-refractivity contribution < 1.29 is 9.47 Å². The highest BCUT2D eigenvalue weighted by molar-refractivity contribution is 6.30. The highest BCUT2D eigenvalue weighted by atomic mass is 16.5. The van der Waals surface area contributed by atoms with Crippen molar-refractivity contribution in [1.29, 1.82) is 0 Å². The van der Waals surface area contributed by atoms with Gasteiger partial charge in [0, 0.05) is 61.5 Å². The third kappa shape index (κ3) is 6.76. The first-order valence-corrected chi connectivity index (χ1v) is 19.4. The second kappa shape index (κ2) is 14.3. The highest BCUT2D eigenvalue weighted by Gasteiger charge is 2.24. The van der Waals surface area contributed by atoms with E-state index >= 15 is 0 Å². The summed E-state index contributed by atoms with van der Waals surface area (Å²) in [7, 11) is 4.33. The van der Waals surface area contributed by atoms with E-state index in [1.807, 2.05) is 0 Å². The quantitative estimate of drug-likeness (QED) is 0.245. The van der Waals surface area contributed by atoms with Crippen LogP contribution in [0, 0.1) is 0 Å². The van der Waals surface area contributed by atoms with Crippen LogP contribution < -0.4 is 20.2 Å². The molecule has 10 nitrogen and oxygen atoms in total. The van der Waals surface area contributed by atoms with E-state index in [9.17, 15) is 0 Å². The van der Waals surface area contributed by atoms with E-state index in [0.29, 0.717) is 19.9 Å². The van der Waals surface area contributed by atoms with Gasteiger partial charge in [0.05, 0.1) is 53.9 Å². The minimum Gasteiger partial charge on any atom is -0.492 e. The van der Waals surface area contributed by atoms with Gasteiger partial charge in [-0.2, -0.15) is 0 Å². The molecule has 6 aliphatic rings. The van der Waals surface area contributed by atoms with Crippen molar-refractivity contribution in [2.45, 2.75) is 6.67 Å². The Morgan fingerprint density at radius 2 is 1.33 bits per heavy atom. The van der Waals surface area contributed by atoms with E-state index in [-0.39, 0.29) is 0 Å². The smallest absolute Gasteiger partial charge is 0.119 e. The summed E-state index contributed by atoms with van der Waals surface area (Å²) in [6, 6.07) is 25.9. The number of aliphatic imine (C=N–C) groups is 2. The third-order valence-corrected chi connectivity index (χ3v) is 11.3. The number of hydrogen-bond acceptors (Lipinski definition) is 8. The Hall–Kier alpha value is -5.52. The zero-order chi connectivity index (χ0) is 36.9. The molecule has 0 radical (unpaired) electrons. The standard InChI is InChI=1S/C45H46N8O2/c1-48-17-19-50(29-48)21-23-54-38-7-3-5-32(25-38)44-40-13-9-34(46-40)27-37-12-16-43-45(33-6-4-8-39(26-33)55-24-22-51-20-18-49(2)30-51)41-14-10-35(47-41)28-36-11-15-42(44)52(36)31-53(37)43/h3-16,25-28H,17-24,29-31H2,1-2H3. The van der Waals surface area contributed by atoms with Gasteiger partial charge in [0.2, 0.25) is 0 Å². The first-order valence-electron chi connectivity index (χ1n) is 19.4. The van der Waals surface area contributed by atoms with Crippen LogP contribution in [0.4, 0.5) is 0 Å². The second-order valence-electron chi connectivity index (χ2n) is 15.3. The average molecular weight is 731 g/mol. The lowest BCUT2D eigenvalue weighted by atomic mass is 10.00. The number of hydrogen-bond donors (Lipinski definition) is 0. The molecule has 0 aliphatic carbocycles. The van der Waals surface area contributed by atoms with Gasteiger partial charge in [0.25, 0.3) is 0 Å². The molecular weight excluding hydrogens is 685 g/mol. The number of rotatable bonds is 10. The van der Waals surface area contributed by atoms with Crippen LogP contribution in [0.3, 0.4) is 0 Å². The van der Waals surface area contributed by atoms with E-state index in [1.165, 1.54) is 0 Å². The van der Waals surface area contributed by atoms with E-state index in [1.54, 1.807) is 0 Å². The summed E-state index contributed by atoms with van der Waals surface area (Å²) in [5.74, 6) is 1.73. The fraction of sp³-hybridized carbons (Fsp3) is 0.289. The lowest BCUT2D eigenvalue weighted by Crippen LogP contribution is -2.34. The predicted molar refractivity (Wildman–Crippen MR) is 220 cm³/mol. The van der Waals surface area contributed by atoms with Gasteiger partial charge >= 0.3 is 0 Å². The van der Waals surface area contributed by atoms with Crippen LogP contribution in [0.2, 0.25) is 0 Å². The Labute approximate surface area is 321 Å². The lowest BCUT2D eigenvalue weighted by molar-refractivity contribution is 0.215. The van der Waals surface area contributed by atoms with Crippen molar-refractivity contribution in [2.24, 2.45) is 9.98 Å². The van der Waals surface area contributed by atoms with Crippen LogP contribution in [0.1, 0.15) is 22.5 Å². The van der Waals surface area contributed by atoms with Gasteiger partial charge in [-0.3, -0.25) is 19.6 Å². The number of benzene rings is 2. The Kier molecular flexibility index (Phi) is 8.83. The molecule has 8 heterocycles. The topological polar surface area (TPSA) is 66.0 Å². The van der Waals surface area contributed by atoms with Gasteiger partial charge in [-0.25, -0.2) is 9.98 Å². The van der Waals surface area contributed by atoms with E-state index in [4.69, 9.17) is 19.5 Å². The molecule has 0 atom stereocenters. The van der Waals surface area contributed by atoms with Crippen LogP contribution in [0.25, 0.3) is 23.3 Å². The molecule has 55 heavy (non-hydrogen) atoms. The molecule has 2 saturated heterocycles. The largest absolute Gasteiger partial charge is 0.492 e. The Morgan fingerprint density at radius 3 is 2.02 bits per heavy atom. The van der Waals surface area contributed by atoms with Crippen molar-refractivity contribution in [1.82, 2.24) is 28.7 Å². The second-order valence-corrected chi connectivity index (χ2v) is 15.3. The van der Waals surface area contributed by atoms with Crippen molar-refractivity contribution in [3.05, 3.63) is 142 Å². The van der Waals surface area contributed by atoms with Gasteiger partial charge < -0.3 is 18.6 Å². The minimum absolute atomic E-state index is 0.609. The maximum absolute atomic E-state index is 6.36. The molecule has 2 fully saturated rings. The summed E-state index contributed by atoms with van der Waals surface area (Å²) < 4.78 is 17.5. The van der Waals surface area contributed by atoms with Gasteiger partial charge in [0.15, 0.2) is 0 Å². The normalized spacial score (nSPS) is 19.5. The summed E-state index contributed by atoms with van der Waals surface area (Å²) in [5.41, 5.74) is 10.2. The number of allylic oxidation sites excluding steroid dienone is 4. The fourth-order valence-corrected chi connectivity index (χ4v) is 8.49. The molecule has 6 bridgehead atoms. The van der Waals surface area contributed by atoms with Crippen molar-refractivity contribution in [3.63, 3.8) is 0 Å². The number of aromatic nitrogens is 2. The number of likely N-dealkylation sites (N-methyl/N-ethyl adjacent to an activating group) is 2. The van der Waals surface area contributed by atoms with Crippen LogP contribution >= 0.6 is 0 Å². The van der Waals surface area contributed by atoms with Crippen LogP contribution in [0.5, 0.6) is 11.5 Å². The first kappa shape index (κ1) is 34.0. The summed E-state index contributed by atoms with van der Waals surface area (Å²) in [4.78, 5) is 20.0. The predicted octanol–water partition coefficient (Wildman–Crippen LogP) is 4.09. The molecule has 0 amide bonds. The van der Waals surface area contributed by atoms with Gasteiger partial charge in [-0.05, 0) is 110 Å². The molecule has 278 valence electrons. The van der Waals surface area contributed by atoms with Gasteiger partial charge in [-0.15, -0.1) is 0 Å². The summed E-state index contributed by atoms with van der Waals surface area (Å²) in [5, 5.41) is 2.18. The maximum atomic E-state index is 6.36. The molecule has 2 aromatic carbocycles. The minimum atomic E-state index is 0.609. The number of ether oxygens (including phenoxy) is 2. The summed E-state index contributed by atoms with van der Waals surface area (Å²) >= 11 is 0. The SMILES string of the molecule is CN1CCN(CCOc2cccc(C3=C4C=CC(=N4)C=c4ccc5n4Cn4c(ccc43)C=C3C=CC(=N3)C=5c3cccc(OCCN4CCN(C)C4)c3)c2)C1. The molecule has 6 aliphatic heterocycles. The molecule has 4 aromatic rings. The van der Waals surface area contributed by atoms with Crippen LogP contribution in [0.15, 0.2) is 118 Å². The summed E-state index contributed by atoms with van der Waals surface area (Å²) in [6.45, 7) is 10.1. The maximum Gasteiger partial charge on any atom is 0.119 e. The monoisotopic (exact) mass is 730 g/mol. The van der Waals surface area contributed by atoms with E-state index in [0.717, 1.165) is 131 Å². The Balaban J connectivity index is 1.05. The first-order chi connectivity index (χ1) is 27.0. The number of nitrogens with zero attached hydrogens (tertiary/aromatic N) is 8. The molecule has 2 aromatic heterocycles.